The summed E-state index contributed by atoms with van der Waals surface area (Å²) < 4.78 is 5.35. The van der Waals surface area contributed by atoms with Gasteiger partial charge in [-0.1, -0.05) is 6.07 Å². The Morgan fingerprint density at radius 2 is 2.05 bits per heavy atom. The van der Waals surface area contributed by atoms with Crippen molar-refractivity contribution in [2.75, 3.05) is 32.8 Å². The summed E-state index contributed by atoms with van der Waals surface area (Å²) in [5.41, 5.74) is 0. The van der Waals surface area contributed by atoms with E-state index in [1.807, 2.05) is 11.4 Å². The van der Waals surface area contributed by atoms with E-state index < -0.39 is 12.0 Å². The van der Waals surface area contributed by atoms with E-state index in [1.165, 1.54) is 16.2 Å². The molecule has 6 nitrogen and oxygen atoms in total. The normalized spacial score (nSPS) is 26.8. The van der Waals surface area contributed by atoms with Crippen molar-refractivity contribution in [3.05, 3.63) is 22.4 Å². The molecule has 0 bridgehead atoms. The van der Waals surface area contributed by atoms with Crippen LogP contribution in [0.2, 0.25) is 0 Å². The van der Waals surface area contributed by atoms with Gasteiger partial charge in [0, 0.05) is 25.7 Å². The van der Waals surface area contributed by atoms with Gasteiger partial charge in [0.05, 0.1) is 18.1 Å². The second-order valence-corrected chi connectivity index (χ2v) is 6.60. The first-order valence-corrected chi connectivity index (χ1v) is 8.44. The van der Waals surface area contributed by atoms with Crippen LogP contribution in [0.4, 0.5) is 0 Å². The smallest absolute Gasteiger partial charge is 0.326 e. The number of morpholine rings is 1. The van der Waals surface area contributed by atoms with Crippen LogP contribution in [-0.2, 0) is 9.53 Å². The number of likely N-dealkylation sites (tertiary alicyclic amines) is 1. The predicted molar refractivity (Wildman–Crippen MR) is 82.2 cm³/mol. The fourth-order valence-electron chi connectivity index (χ4n) is 3.24. The maximum atomic E-state index is 12.5. The van der Waals surface area contributed by atoms with Crippen LogP contribution in [0.5, 0.6) is 0 Å². The van der Waals surface area contributed by atoms with Crippen molar-refractivity contribution in [1.82, 2.24) is 9.80 Å². The topological polar surface area (TPSA) is 70.1 Å². The van der Waals surface area contributed by atoms with E-state index in [4.69, 9.17) is 4.74 Å². The van der Waals surface area contributed by atoms with Gasteiger partial charge in [-0.2, -0.15) is 0 Å². The van der Waals surface area contributed by atoms with Crippen LogP contribution in [0.1, 0.15) is 22.5 Å². The van der Waals surface area contributed by atoms with Crippen LogP contribution in [0.25, 0.3) is 0 Å². The summed E-state index contributed by atoms with van der Waals surface area (Å²) in [4.78, 5) is 28.6. The Balaban J connectivity index is 1.71. The molecule has 0 radical (unpaired) electrons. The number of piperidine rings is 1. The molecule has 7 heteroatoms. The second-order valence-electron chi connectivity index (χ2n) is 5.66. The summed E-state index contributed by atoms with van der Waals surface area (Å²) in [6.07, 6.45) is 1.31. The molecule has 0 aliphatic carbocycles. The number of nitrogens with zero attached hydrogens (tertiary/aromatic N) is 2. The maximum Gasteiger partial charge on any atom is 0.326 e. The van der Waals surface area contributed by atoms with Crippen molar-refractivity contribution in [1.29, 1.82) is 0 Å². The molecule has 2 aliphatic rings. The van der Waals surface area contributed by atoms with Crippen LogP contribution in [0.15, 0.2) is 17.5 Å². The highest BCUT2D eigenvalue weighted by Gasteiger charge is 2.38. The van der Waals surface area contributed by atoms with Crippen molar-refractivity contribution in [2.45, 2.75) is 24.9 Å². The first kappa shape index (κ1) is 15.5. The lowest BCUT2D eigenvalue weighted by Crippen LogP contribution is -2.56. The molecule has 22 heavy (non-hydrogen) atoms. The number of hydrogen-bond acceptors (Lipinski definition) is 5. The number of carboxylic acid groups (broad SMARTS) is 1. The van der Waals surface area contributed by atoms with E-state index in [9.17, 15) is 14.7 Å². The molecular weight excluding hydrogens is 304 g/mol. The maximum absolute atomic E-state index is 12.5. The molecule has 120 valence electrons. The van der Waals surface area contributed by atoms with Gasteiger partial charge in [0.25, 0.3) is 5.91 Å². The van der Waals surface area contributed by atoms with E-state index in [0.29, 0.717) is 31.1 Å². The van der Waals surface area contributed by atoms with E-state index >= 15 is 0 Å². The quantitative estimate of drug-likeness (QED) is 0.903. The van der Waals surface area contributed by atoms with Gasteiger partial charge in [-0.05, 0) is 24.3 Å². The lowest BCUT2D eigenvalue weighted by atomic mass is 9.95. The number of aliphatic carboxylic acids is 1. The average Bonchev–Trinajstić information content (AvgIpc) is 3.09. The van der Waals surface area contributed by atoms with Crippen LogP contribution >= 0.6 is 11.3 Å². The van der Waals surface area contributed by atoms with Gasteiger partial charge in [0.1, 0.15) is 6.04 Å². The molecule has 3 rings (SSSR count). The molecule has 0 aromatic carbocycles. The van der Waals surface area contributed by atoms with Gasteiger partial charge in [-0.25, -0.2) is 4.79 Å². The Labute approximate surface area is 133 Å². The van der Waals surface area contributed by atoms with E-state index in [0.717, 1.165) is 19.5 Å². The summed E-state index contributed by atoms with van der Waals surface area (Å²) in [7, 11) is 0. The number of ether oxygens (including phenoxy) is 1. The highest BCUT2D eigenvalue weighted by Crippen LogP contribution is 2.25. The third-order valence-corrected chi connectivity index (χ3v) is 5.27. The van der Waals surface area contributed by atoms with Crippen molar-refractivity contribution in [3.8, 4) is 0 Å². The second kappa shape index (κ2) is 6.76. The third-order valence-electron chi connectivity index (χ3n) is 4.41. The minimum absolute atomic E-state index is 0.164. The van der Waals surface area contributed by atoms with Gasteiger partial charge in [-0.3, -0.25) is 9.69 Å². The molecule has 2 saturated heterocycles. The highest BCUT2D eigenvalue weighted by atomic mass is 32.1. The van der Waals surface area contributed by atoms with Crippen molar-refractivity contribution in [2.24, 2.45) is 0 Å². The summed E-state index contributed by atoms with van der Waals surface area (Å²) in [6.45, 7) is 3.58. The van der Waals surface area contributed by atoms with E-state index in [1.54, 1.807) is 6.07 Å². The first-order valence-electron chi connectivity index (χ1n) is 7.56. The zero-order chi connectivity index (χ0) is 15.5. The molecule has 1 aromatic heterocycles. The third kappa shape index (κ3) is 3.16. The van der Waals surface area contributed by atoms with Crippen molar-refractivity contribution < 1.29 is 19.4 Å². The lowest BCUT2D eigenvalue weighted by molar-refractivity contribution is -0.144. The highest BCUT2D eigenvalue weighted by molar-refractivity contribution is 7.12. The molecule has 2 fully saturated rings. The summed E-state index contributed by atoms with van der Waals surface area (Å²) >= 11 is 1.36. The molecule has 3 heterocycles. The first-order chi connectivity index (χ1) is 10.7. The fraction of sp³-hybridized carbons (Fsp3) is 0.600. The van der Waals surface area contributed by atoms with E-state index in [2.05, 4.69) is 4.90 Å². The minimum Gasteiger partial charge on any atom is -0.480 e. The number of thiophene rings is 1. The Bertz CT molecular complexity index is 528. The zero-order valence-electron chi connectivity index (χ0n) is 12.3. The van der Waals surface area contributed by atoms with Gasteiger partial charge in [0.2, 0.25) is 0 Å². The fourth-order valence-corrected chi connectivity index (χ4v) is 3.92. The molecule has 0 saturated carbocycles. The Morgan fingerprint density at radius 3 is 2.68 bits per heavy atom. The van der Waals surface area contributed by atoms with Crippen LogP contribution in [0.3, 0.4) is 0 Å². The van der Waals surface area contributed by atoms with Crippen molar-refractivity contribution >= 4 is 23.2 Å². The molecule has 1 N–H and O–H groups in total. The predicted octanol–water partition coefficient (Wildman–Crippen LogP) is 1.14. The molecule has 2 atom stereocenters. The van der Waals surface area contributed by atoms with E-state index in [-0.39, 0.29) is 11.9 Å². The standard InChI is InChI=1S/C15H20N2O4S/c18-14(13-2-1-9-22-13)17-4-3-11(10-12(17)15(19)20)16-5-7-21-8-6-16/h1-2,9,11-12H,3-8,10H2,(H,19,20)/t11-,12+/m1/s1. The van der Waals surface area contributed by atoms with Crippen LogP contribution < -0.4 is 0 Å². The largest absolute Gasteiger partial charge is 0.480 e. The van der Waals surface area contributed by atoms with Crippen LogP contribution in [-0.4, -0.2) is 71.7 Å². The van der Waals surface area contributed by atoms with Gasteiger partial charge >= 0.3 is 5.97 Å². The van der Waals surface area contributed by atoms with Crippen LogP contribution in [0, 0.1) is 0 Å². The Hall–Kier alpha value is -1.44. The minimum atomic E-state index is -0.914. The molecule has 1 aromatic rings. The number of carbonyl (C=O) groups excluding carboxylic acids is 1. The number of amides is 1. The summed E-state index contributed by atoms with van der Waals surface area (Å²) in [6, 6.07) is 3.04. The Morgan fingerprint density at radius 1 is 1.27 bits per heavy atom. The molecule has 2 aliphatic heterocycles. The SMILES string of the molecule is O=C(O)[C@@H]1C[C@H](N2CCOCC2)CCN1C(=O)c1cccs1. The van der Waals surface area contributed by atoms with Crippen molar-refractivity contribution in [3.63, 3.8) is 0 Å². The lowest BCUT2D eigenvalue weighted by Gasteiger charge is -2.42. The molecule has 0 unspecified atom stereocenters. The summed E-state index contributed by atoms with van der Waals surface area (Å²) in [5.74, 6) is -1.08. The van der Waals surface area contributed by atoms with Gasteiger partial charge in [0.15, 0.2) is 0 Å². The van der Waals surface area contributed by atoms with Gasteiger partial charge < -0.3 is 14.7 Å². The molecule has 0 spiro atoms. The monoisotopic (exact) mass is 324 g/mol. The zero-order valence-corrected chi connectivity index (χ0v) is 13.1. The number of carboxylic acids is 1. The van der Waals surface area contributed by atoms with Gasteiger partial charge in [-0.15, -0.1) is 11.3 Å². The number of carbonyl (C=O) groups is 2. The number of hydrogen-bond donors (Lipinski definition) is 1. The number of rotatable bonds is 3. The molecular formula is C15H20N2O4S. The average molecular weight is 324 g/mol. The Kier molecular flexibility index (Phi) is 4.75. The molecule has 1 amide bonds. The summed E-state index contributed by atoms with van der Waals surface area (Å²) in [5, 5.41) is 11.4.